The maximum atomic E-state index is 6.90. The molecule has 0 bridgehead atoms. The standard InChI is InChI=1S/C5H9N5/c6-3-2-9-10-4(3)1-5(7)8/h1-2,9-10H,6H2,(H3,7,8). The average Bonchev–Trinajstić information content (AvgIpc) is 2.15. The van der Waals surface area contributed by atoms with Gasteiger partial charge < -0.3 is 16.9 Å². The van der Waals surface area contributed by atoms with E-state index in [1.165, 1.54) is 6.08 Å². The minimum atomic E-state index is -0.0254. The van der Waals surface area contributed by atoms with Crippen LogP contribution in [0.15, 0.2) is 23.7 Å². The normalized spacial score (nSPS) is 19.6. The van der Waals surface area contributed by atoms with Crippen molar-refractivity contribution in [3.8, 4) is 0 Å². The Hall–Kier alpha value is -1.65. The number of nitrogens with one attached hydrogen (secondary N) is 3. The van der Waals surface area contributed by atoms with Crippen LogP contribution in [0.1, 0.15) is 0 Å². The summed E-state index contributed by atoms with van der Waals surface area (Å²) >= 11 is 0. The number of rotatable bonds is 1. The van der Waals surface area contributed by atoms with Crippen molar-refractivity contribution in [1.29, 1.82) is 5.41 Å². The molecule has 1 heterocycles. The summed E-state index contributed by atoms with van der Waals surface area (Å²) in [5, 5.41) is 6.90. The van der Waals surface area contributed by atoms with Crippen LogP contribution in [0.4, 0.5) is 0 Å². The van der Waals surface area contributed by atoms with E-state index in [0.29, 0.717) is 11.4 Å². The van der Waals surface area contributed by atoms with Gasteiger partial charge in [-0.25, -0.2) is 0 Å². The zero-order chi connectivity index (χ0) is 7.56. The zero-order valence-corrected chi connectivity index (χ0v) is 5.31. The molecule has 0 spiro atoms. The Bertz CT molecular complexity index is 214. The van der Waals surface area contributed by atoms with Crippen molar-refractivity contribution in [2.45, 2.75) is 0 Å². The van der Waals surface area contributed by atoms with Crippen molar-refractivity contribution >= 4 is 5.84 Å². The second-order valence-corrected chi connectivity index (χ2v) is 1.88. The van der Waals surface area contributed by atoms with Crippen LogP contribution in [-0.2, 0) is 0 Å². The molecule has 0 unspecified atom stereocenters. The molecular weight excluding hydrogens is 130 g/mol. The molecule has 0 fully saturated rings. The topological polar surface area (TPSA) is 100.0 Å². The third-order valence-corrected chi connectivity index (χ3v) is 1.05. The van der Waals surface area contributed by atoms with E-state index in [1.807, 2.05) is 0 Å². The van der Waals surface area contributed by atoms with Crippen molar-refractivity contribution in [3.05, 3.63) is 23.7 Å². The third-order valence-electron chi connectivity index (χ3n) is 1.05. The maximum absolute atomic E-state index is 6.90. The van der Waals surface area contributed by atoms with Gasteiger partial charge in [0.05, 0.1) is 11.4 Å². The van der Waals surface area contributed by atoms with Crippen molar-refractivity contribution in [3.63, 3.8) is 0 Å². The maximum Gasteiger partial charge on any atom is 0.117 e. The van der Waals surface area contributed by atoms with Crippen molar-refractivity contribution in [2.75, 3.05) is 0 Å². The molecule has 0 aromatic heterocycles. The highest BCUT2D eigenvalue weighted by molar-refractivity contribution is 5.89. The Morgan fingerprint density at radius 3 is 2.80 bits per heavy atom. The summed E-state index contributed by atoms with van der Waals surface area (Å²) in [4.78, 5) is 0. The van der Waals surface area contributed by atoms with Gasteiger partial charge in [0.2, 0.25) is 0 Å². The number of hydrazine groups is 1. The van der Waals surface area contributed by atoms with Crippen LogP contribution in [0.5, 0.6) is 0 Å². The molecule has 0 aliphatic carbocycles. The van der Waals surface area contributed by atoms with Gasteiger partial charge in [-0.15, -0.1) is 0 Å². The highest BCUT2D eigenvalue weighted by Gasteiger charge is 2.05. The zero-order valence-electron chi connectivity index (χ0n) is 5.31. The van der Waals surface area contributed by atoms with Crippen LogP contribution in [0.3, 0.4) is 0 Å². The van der Waals surface area contributed by atoms with Gasteiger partial charge in [0.25, 0.3) is 0 Å². The van der Waals surface area contributed by atoms with Crippen LogP contribution >= 0.6 is 0 Å². The molecule has 0 atom stereocenters. The minimum absolute atomic E-state index is 0.0254. The van der Waals surface area contributed by atoms with Crippen LogP contribution in [0.25, 0.3) is 0 Å². The Morgan fingerprint density at radius 2 is 2.40 bits per heavy atom. The van der Waals surface area contributed by atoms with Crippen LogP contribution in [0, 0.1) is 5.41 Å². The SMILES string of the molecule is N=C(N)C=C1NNC=C1N. The van der Waals surface area contributed by atoms with Gasteiger partial charge in [-0.1, -0.05) is 0 Å². The van der Waals surface area contributed by atoms with Gasteiger partial charge in [-0.05, 0) is 0 Å². The first kappa shape index (κ1) is 6.47. The third kappa shape index (κ3) is 1.19. The van der Waals surface area contributed by atoms with Crippen LogP contribution in [-0.4, -0.2) is 5.84 Å². The lowest BCUT2D eigenvalue weighted by molar-refractivity contribution is 0.784. The second kappa shape index (κ2) is 2.30. The fraction of sp³-hybridized carbons (Fsp3) is 0. The van der Waals surface area contributed by atoms with Gasteiger partial charge in [-0.2, -0.15) is 0 Å². The second-order valence-electron chi connectivity index (χ2n) is 1.88. The molecule has 7 N–H and O–H groups in total. The Labute approximate surface area is 58.2 Å². The highest BCUT2D eigenvalue weighted by Crippen LogP contribution is 2.00. The molecule has 0 aromatic carbocycles. The Kier molecular flexibility index (Phi) is 1.49. The first-order valence-electron chi connectivity index (χ1n) is 2.73. The smallest absolute Gasteiger partial charge is 0.117 e. The molecular formula is C5H9N5. The van der Waals surface area contributed by atoms with Gasteiger partial charge in [0, 0.05) is 12.3 Å². The molecule has 0 saturated heterocycles. The van der Waals surface area contributed by atoms with E-state index in [-0.39, 0.29) is 5.84 Å². The van der Waals surface area contributed by atoms with Crippen molar-refractivity contribution in [2.24, 2.45) is 11.5 Å². The van der Waals surface area contributed by atoms with Gasteiger partial charge in [0.1, 0.15) is 5.84 Å². The van der Waals surface area contributed by atoms with Crippen LogP contribution in [0.2, 0.25) is 0 Å². The summed E-state index contributed by atoms with van der Waals surface area (Å²) in [6.07, 6.45) is 3.03. The van der Waals surface area contributed by atoms with Crippen LogP contribution < -0.4 is 22.3 Å². The first-order valence-corrected chi connectivity index (χ1v) is 2.73. The molecule has 1 rings (SSSR count). The summed E-state index contributed by atoms with van der Waals surface area (Å²) in [6, 6.07) is 0. The van der Waals surface area contributed by atoms with Crippen molar-refractivity contribution < 1.29 is 0 Å². The van der Waals surface area contributed by atoms with Crippen molar-refractivity contribution in [1.82, 2.24) is 10.9 Å². The molecule has 54 valence electrons. The Balaban J connectivity index is 2.74. The number of amidine groups is 1. The predicted octanol–water partition coefficient (Wildman–Crippen LogP) is -1.29. The predicted molar refractivity (Wildman–Crippen MR) is 38.5 cm³/mol. The summed E-state index contributed by atoms with van der Waals surface area (Å²) in [7, 11) is 0. The molecule has 0 radical (unpaired) electrons. The lowest BCUT2D eigenvalue weighted by Gasteiger charge is -1.98. The summed E-state index contributed by atoms with van der Waals surface area (Å²) in [5.41, 5.74) is 17.1. The molecule has 0 aromatic rings. The summed E-state index contributed by atoms with van der Waals surface area (Å²) in [6.45, 7) is 0. The molecule has 5 nitrogen and oxygen atoms in total. The average molecular weight is 139 g/mol. The lowest BCUT2D eigenvalue weighted by Crippen LogP contribution is -2.21. The van der Waals surface area contributed by atoms with Gasteiger partial charge >= 0.3 is 0 Å². The largest absolute Gasteiger partial charge is 0.396 e. The fourth-order valence-electron chi connectivity index (χ4n) is 0.616. The van der Waals surface area contributed by atoms with E-state index in [2.05, 4.69) is 10.9 Å². The summed E-state index contributed by atoms with van der Waals surface area (Å²) in [5.74, 6) is -0.0254. The molecule has 0 saturated carbocycles. The van der Waals surface area contributed by atoms with Gasteiger partial charge in [-0.3, -0.25) is 10.8 Å². The minimum Gasteiger partial charge on any atom is -0.396 e. The van der Waals surface area contributed by atoms with E-state index >= 15 is 0 Å². The monoisotopic (exact) mass is 139 g/mol. The number of nitrogens with two attached hydrogens (primary N) is 2. The lowest BCUT2D eigenvalue weighted by atomic mass is 10.3. The summed E-state index contributed by atoms with van der Waals surface area (Å²) < 4.78 is 0. The first-order chi connectivity index (χ1) is 4.70. The highest BCUT2D eigenvalue weighted by atomic mass is 15.4. The Morgan fingerprint density at radius 1 is 1.70 bits per heavy atom. The molecule has 10 heavy (non-hydrogen) atoms. The van der Waals surface area contributed by atoms with E-state index < -0.39 is 0 Å². The molecule has 5 heteroatoms. The number of hydrogen-bond donors (Lipinski definition) is 5. The van der Waals surface area contributed by atoms with Gasteiger partial charge in [0.15, 0.2) is 0 Å². The quantitative estimate of drug-likeness (QED) is 0.230. The van der Waals surface area contributed by atoms with E-state index in [9.17, 15) is 0 Å². The van der Waals surface area contributed by atoms with E-state index in [4.69, 9.17) is 16.9 Å². The molecule has 1 aliphatic heterocycles. The molecule has 0 amide bonds. The molecule has 1 aliphatic rings. The number of hydrogen-bond acceptors (Lipinski definition) is 4. The van der Waals surface area contributed by atoms with E-state index in [0.717, 1.165) is 0 Å². The fourth-order valence-corrected chi connectivity index (χ4v) is 0.616. The van der Waals surface area contributed by atoms with E-state index in [1.54, 1.807) is 6.20 Å².